The normalized spacial score (nSPS) is 12.1. The SMILES string of the molecule is N#CC[C@@H](N)c1c(N)ccnc1Cl. The van der Waals surface area contributed by atoms with E-state index in [1.54, 1.807) is 6.07 Å². The Kier molecular flexibility index (Phi) is 3.07. The average molecular weight is 197 g/mol. The average Bonchev–Trinajstić information content (AvgIpc) is 2.04. The summed E-state index contributed by atoms with van der Waals surface area (Å²) in [7, 11) is 0. The lowest BCUT2D eigenvalue weighted by Gasteiger charge is -2.11. The number of nitrogen functional groups attached to an aromatic ring is 1. The molecule has 1 aromatic rings. The van der Waals surface area contributed by atoms with Crippen molar-refractivity contribution in [1.82, 2.24) is 4.98 Å². The zero-order valence-corrected chi connectivity index (χ0v) is 7.62. The highest BCUT2D eigenvalue weighted by Crippen LogP contribution is 2.26. The van der Waals surface area contributed by atoms with Gasteiger partial charge in [-0.1, -0.05) is 11.6 Å². The van der Waals surface area contributed by atoms with Crippen molar-refractivity contribution in [3.05, 3.63) is 23.0 Å². The number of aromatic nitrogens is 1. The van der Waals surface area contributed by atoms with Crippen LogP contribution in [0.3, 0.4) is 0 Å². The van der Waals surface area contributed by atoms with E-state index in [0.29, 0.717) is 11.3 Å². The molecule has 13 heavy (non-hydrogen) atoms. The maximum atomic E-state index is 8.45. The summed E-state index contributed by atoms with van der Waals surface area (Å²) in [5.41, 5.74) is 12.3. The molecule has 0 spiro atoms. The van der Waals surface area contributed by atoms with Crippen LogP contribution in [0.2, 0.25) is 5.15 Å². The zero-order valence-electron chi connectivity index (χ0n) is 6.87. The number of hydrogen-bond donors (Lipinski definition) is 2. The molecule has 68 valence electrons. The quantitative estimate of drug-likeness (QED) is 0.697. The Balaban J connectivity index is 3.06. The molecule has 0 amide bonds. The fourth-order valence-corrected chi connectivity index (χ4v) is 1.33. The minimum absolute atomic E-state index is 0.176. The van der Waals surface area contributed by atoms with E-state index in [9.17, 15) is 0 Å². The third-order valence-corrected chi connectivity index (χ3v) is 1.96. The van der Waals surface area contributed by atoms with Crippen molar-refractivity contribution in [2.45, 2.75) is 12.5 Å². The molecule has 0 radical (unpaired) electrons. The second-order valence-electron chi connectivity index (χ2n) is 2.57. The van der Waals surface area contributed by atoms with Crippen LogP contribution in [-0.4, -0.2) is 4.98 Å². The van der Waals surface area contributed by atoms with Crippen LogP contribution in [-0.2, 0) is 0 Å². The second-order valence-corrected chi connectivity index (χ2v) is 2.93. The summed E-state index contributed by atoms with van der Waals surface area (Å²) < 4.78 is 0. The Morgan fingerprint density at radius 2 is 2.38 bits per heavy atom. The van der Waals surface area contributed by atoms with E-state index in [2.05, 4.69) is 4.98 Å². The molecule has 0 aliphatic carbocycles. The molecule has 1 aromatic heterocycles. The fraction of sp³-hybridized carbons (Fsp3) is 0.250. The molecule has 4 N–H and O–H groups in total. The first-order valence-corrected chi connectivity index (χ1v) is 4.07. The van der Waals surface area contributed by atoms with Gasteiger partial charge in [-0.05, 0) is 6.07 Å². The lowest BCUT2D eigenvalue weighted by Crippen LogP contribution is -2.12. The van der Waals surface area contributed by atoms with Gasteiger partial charge in [-0.25, -0.2) is 4.98 Å². The Morgan fingerprint density at radius 1 is 1.69 bits per heavy atom. The monoisotopic (exact) mass is 196 g/mol. The van der Waals surface area contributed by atoms with Crippen LogP contribution in [0.15, 0.2) is 12.3 Å². The molecule has 1 heterocycles. The molecule has 4 nitrogen and oxygen atoms in total. The molecular weight excluding hydrogens is 188 g/mol. The van der Waals surface area contributed by atoms with Crippen LogP contribution in [0, 0.1) is 11.3 Å². The number of halogens is 1. The van der Waals surface area contributed by atoms with E-state index in [4.69, 9.17) is 28.3 Å². The summed E-state index contributed by atoms with van der Waals surface area (Å²) in [6.45, 7) is 0. The highest BCUT2D eigenvalue weighted by Gasteiger charge is 2.13. The van der Waals surface area contributed by atoms with Gasteiger partial charge >= 0.3 is 0 Å². The molecule has 0 bridgehead atoms. The Bertz CT molecular complexity index is 324. The van der Waals surface area contributed by atoms with E-state index in [-0.39, 0.29) is 11.6 Å². The topological polar surface area (TPSA) is 88.7 Å². The maximum absolute atomic E-state index is 8.45. The molecule has 1 rings (SSSR count). The fourth-order valence-electron chi connectivity index (χ4n) is 1.03. The number of rotatable bonds is 2. The predicted molar refractivity (Wildman–Crippen MR) is 50.8 cm³/mol. The number of pyridine rings is 1. The van der Waals surface area contributed by atoms with Crippen molar-refractivity contribution in [2.75, 3.05) is 5.73 Å². The summed E-state index contributed by atoms with van der Waals surface area (Å²) in [5.74, 6) is 0. The lowest BCUT2D eigenvalue weighted by atomic mass is 10.1. The van der Waals surface area contributed by atoms with Gasteiger partial charge in [-0.3, -0.25) is 0 Å². The standard InChI is InChI=1S/C8H9ClN4/c9-8-7(5(11)1-3-10)6(12)2-4-13-8/h2,4-5H,1,11H2,(H2,12,13)/t5-/m1/s1. The van der Waals surface area contributed by atoms with Crippen molar-refractivity contribution in [3.8, 4) is 6.07 Å². The minimum atomic E-state index is -0.466. The smallest absolute Gasteiger partial charge is 0.135 e. The van der Waals surface area contributed by atoms with Gasteiger partial charge in [0, 0.05) is 23.5 Å². The van der Waals surface area contributed by atoms with Crippen LogP contribution < -0.4 is 11.5 Å². The predicted octanol–water partition coefficient (Wildman–Crippen LogP) is 1.23. The summed E-state index contributed by atoms with van der Waals surface area (Å²) in [6, 6.07) is 3.10. The highest BCUT2D eigenvalue weighted by molar-refractivity contribution is 6.30. The van der Waals surface area contributed by atoms with Crippen LogP contribution in [0.1, 0.15) is 18.0 Å². The van der Waals surface area contributed by atoms with Crippen LogP contribution in [0.4, 0.5) is 5.69 Å². The number of nitrogens with two attached hydrogens (primary N) is 2. The third-order valence-electron chi connectivity index (χ3n) is 1.66. The molecule has 1 atom stereocenters. The van der Waals surface area contributed by atoms with Crippen molar-refractivity contribution in [3.63, 3.8) is 0 Å². The minimum Gasteiger partial charge on any atom is -0.398 e. The van der Waals surface area contributed by atoms with Gasteiger partial charge in [0.15, 0.2) is 0 Å². The largest absolute Gasteiger partial charge is 0.398 e. The van der Waals surface area contributed by atoms with Crippen molar-refractivity contribution >= 4 is 17.3 Å². The summed E-state index contributed by atoms with van der Waals surface area (Å²) in [6.07, 6.45) is 1.68. The van der Waals surface area contributed by atoms with E-state index in [0.717, 1.165) is 0 Å². The van der Waals surface area contributed by atoms with Gasteiger partial charge in [-0.2, -0.15) is 5.26 Å². The number of anilines is 1. The molecular formula is C8H9ClN4. The van der Waals surface area contributed by atoms with Gasteiger partial charge in [0.2, 0.25) is 0 Å². The number of hydrogen-bond acceptors (Lipinski definition) is 4. The Labute approximate surface area is 81.1 Å². The van der Waals surface area contributed by atoms with Gasteiger partial charge in [0.05, 0.1) is 12.5 Å². The van der Waals surface area contributed by atoms with Crippen molar-refractivity contribution < 1.29 is 0 Å². The molecule has 0 aliphatic heterocycles. The maximum Gasteiger partial charge on any atom is 0.135 e. The van der Waals surface area contributed by atoms with Crippen LogP contribution in [0.5, 0.6) is 0 Å². The Hall–Kier alpha value is -1.31. The van der Waals surface area contributed by atoms with Gasteiger partial charge in [0.1, 0.15) is 5.15 Å². The molecule has 0 unspecified atom stereocenters. The Morgan fingerprint density at radius 3 is 2.92 bits per heavy atom. The first-order valence-electron chi connectivity index (χ1n) is 3.69. The van der Waals surface area contributed by atoms with Gasteiger partial charge < -0.3 is 11.5 Å². The van der Waals surface area contributed by atoms with E-state index < -0.39 is 6.04 Å². The summed E-state index contributed by atoms with van der Waals surface area (Å²) >= 11 is 5.78. The molecule has 0 saturated heterocycles. The first kappa shape index (κ1) is 9.78. The molecule has 0 aliphatic rings. The second kappa shape index (κ2) is 4.08. The van der Waals surface area contributed by atoms with E-state index in [1.165, 1.54) is 6.20 Å². The lowest BCUT2D eigenvalue weighted by molar-refractivity contribution is 0.747. The molecule has 5 heteroatoms. The van der Waals surface area contributed by atoms with Gasteiger partial charge in [0.25, 0.3) is 0 Å². The van der Waals surface area contributed by atoms with E-state index >= 15 is 0 Å². The highest BCUT2D eigenvalue weighted by atomic mass is 35.5. The van der Waals surface area contributed by atoms with Crippen LogP contribution >= 0.6 is 11.6 Å². The van der Waals surface area contributed by atoms with Crippen molar-refractivity contribution in [1.29, 1.82) is 5.26 Å². The van der Waals surface area contributed by atoms with E-state index in [1.807, 2.05) is 6.07 Å². The third kappa shape index (κ3) is 2.08. The van der Waals surface area contributed by atoms with Crippen molar-refractivity contribution in [2.24, 2.45) is 5.73 Å². The zero-order chi connectivity index (χ0) is 9.84. The van der Waals surface area contributed by atoms with Gasteiger partial charge in [-0.15, -0.1) is 0 Å². The summed E-state index contributed by atoms with van der Waals surface area (Å²) in [4.78, 5) is 3.84. The summed E-state index contributed by atoms with van der Waals surface area (Å²) in [5, 5.41) is 8.71. The number of nitriles is 1. The van der Waals surface area contributed by atoms with Crippen LogP contribution in [0.25, 0.3) is 0 Å². The molecule has 0 aromatic carbocycles. The molecule has 0 saturated carbocycles. The number of nitrogens with zero attached hydrogens (tertiary/aromatic N) is 2. The molecule has 0 fully saturated rings. The first-order chi connectivity index (χ1) is 6.16.